The van der Waals surface area contributed by atoms with Crippen LogP contribution in [-0.4, -0.2) is 42.6 Å². The Kier molecular flexibility index (Phi) is 7.00. The molecule has 0 saturated carbocycles. The first-order valence-corrected chi connectivity index (χ1v) is 11.1. The maximum Gasteiger partial charge on any atom is 0.244 e. The summed E-state index contributed by atoms with van der Waals surface area (Å²) < 4.78 is 17.2. The van der Waals surface area contributed by atoms with Crippen LogP contribution >= 0.6 is 0 Å². The van der Waals surface area contributed by atoms with Crippen LogP contribution in [0.1, 0.15) is 21.6 Å². The van der Waals surface area contributed by atoms with E-state index >= 15 is 0 Å². The third kappa shape index (κ3) is 4.90. The lowest BCUT2D eigenvalue weighted by atomic mass is 10.0. The third-order valence-electron chi connectivity index (χ3n) is 5.65. The molecule has 2 aromatic carbocycles. The van der Waals surface area contributed by atoms with Gasteiger partial charge in [-0.25, -0.2) is 4.98 Å². The number of carbonyl (C=O) groups is 2. The lowest BCUT2D eigenvalue weighted by molar-refractivity contribution is -0.116. The molecule has 0 atom stereocenters. The van der Waals surface area contributed by atoms with Gasteiger partial charge in [0.2, 0.25) is 11.3 Å². The van der Waals surface area contributed by atoms with Gasteiger partial charge in [0, 0.05) is 23.5 Å². The summed E-state index contributed by atoms with van der Waals surface area (Å²) in [5.41, 5.74) is 1.24. The smallest absolute Gasteiger partial charge is 0.244 e. The number of benzene rings is 2. The van der Waals surface area contributed by atoms with Gasteiger partial charge in [-0.2, -0.15) is 0 Å². The fraction of sp³-hybridized carbons (Fsp3) is 0.185. The van der Waals surface area contributed by atoms with E-state index in [1.54, 1.807) is 61.5 Å². The SMILES string of the molecule is COc1ccc(C(=O)c2cn(CC(=O)Nc3ccc(OC)cc3OC)c3nc(C)ccc3c2=O)cc1. The van der Waals surface area contributed by atoms with Crippen LogP contribution in [0, 0.1) is 6.92 Å². The molecule has 2 heterocycles. The van der Waals surface area contributed by atoms with Gasteiger partial charge in [0.1, 0.15) is 29.4 Å². The molecule has 0 spiro atoms. The molecule has 4 aromatic rings. The number of pyridine rings is 2. The molecule has 0 aliphatic rings. The fourth-order valence-corrected chi connectivity index (χ4v) is 3.79. The Bertz CT molecular complexity index is 1510. The van der Waals surface area contributed by atoms with Crippen molar-refractivity contribution in [2.75, 3.05) is 26.6 Å². The summed E-state index contributed by atoms with van der Waals surface area (Å²) in [4.78, 5) is 43.9. The fourth-order valence-electron chi connectivity index (χ4n) is 3.79. The Balaban J connectivity index is 1.73. The number of ether oxygens (including phenoxy) is 3. The molecule has 0 radical (unpaired) electrons. The van der Waals surface area contributed by atoms with Crippen LogP contribution in [0.4, 0.5) is 5.69 Å². The lowest BCUT2D eigenvalue weighted by Gasteiger charge is -2.15. The predicted molar refractivity (Wildman–Crippen MR) is 135 cm³/mol. The summed E-state index contributed by atoms with van der Waals surface area (Å²) in [6.07, 6.45) is 1.38. The number of hydrogen-bond acceptors (Lipinski definition) is 7. The molecular weight excluding hydrogens is 462 g/mol. The second-order valence-corrected chi connectivity index (χ2v) is 8.00. The number of carbonyl (C=O) groups excluding carboxylic acids is 2. The first-order chi connectivity index (χ1) is 17.3. The normalized spacial score (nSPS) is 10.7. The van der Waals surface area contributed by atoms with Crippen LogP contribution in [0.5, 0.6) is 17.2 Å². The predicted octanol–water partition coefficient (Wildman–Crippen LogP) is 3.60. The van der Waals surface area contributed by atoms with Gasteiger partial charge >= 0.3 is 0 Å². The molecule has 4 rings (SSSR count). The number of ketones is 1. The summed E-state index contributed by atoms with van der Waals surface area (Å²) in [7, 11) is 4.55. The summed E-state index contributed by atoms with van der Waals surface area (Å²) in [5.74, 6) is 0.743. The van der Waals surface area contributed by atoms with Gasteiger partial charge in [0.25, 0.3) is 0 Å². The number of amides is 1. The van der Waals surface area contributed by atoms with E-state index < -0.39 is 17.1 Å². The molecule has 1 N–H and O–H groups in total. The van der Waals surface area contributed by atoms with Crippen molar-refractivity contribution >= 4 is 28.4 Å². The standard InChI is InChI=1S/C27H25N3O6/c1-16-5-11-20-26(33)21(25(32)17-6-8-18(34-2)9-7-17)14-30(27(20)28-16)15-24(31)29-22-12-10-19(35-3)13-23(22)36-4/h5-14H,15H2,1-4H3,(H,29,31). The molecule has 0 aliphatic carbocycles. The van der Waals surface area contributed by atoms with Gasteiger partial charge in [0.15, 0.2) is 5.78 Å². The largest absolute Gasteiger partial charge is 0.497 e. The van der Waals surface area contributed by atoms with Crippen molar-refractivity contribution in [2.45, 2.75) is 13.5 Å². The summed E-state index contributed by atoms with van der Waals surface area (Å²) in [6, 6.07) is 14.8. The van der Waals surface area contributed by atoms with Crippen LogP contribution in [0.25, 0.3) is 11.0 Å². The molecule has 0 unspecified atom stereocenters. The minimum Gasteiger partial charge on any atom is -0.497 e. The van der Waals surface area contributed by atoms with Crippen molar-refractivity contribution in [3.63, 3.8) is 0 Å². The summed E-state index contributed by atoms with van der Waals surface area (Å²) in [5, 5.41) is 3.05. The first kappa shape index (κ1) is 24.5. The first-order valence-electron chi connectivity index (χ1n) is 11.1. The maximum atomic E-state index is 13.2. The van der Waals surface area contributed by atoms with E-state index in [2.05, 4.69) is 10.3 Å². The van der Waals surface area contributed by atoms with Gasteiger partial charge in [-0.1, -0.05) is 0 Å². The monoisotopic (exact) mass is 487 g/mol. The van der Waals surface area contributed by atoms with Crippen molar-refractivity contribution in [3.05, 3.63) is 87.8 Å². The highest BCUT2D eigenvalue weighted by atomic mass is 16.5. The zero-order chi connectivity index (χ0) is 25.8. The molecular formula is C27H25N3O6. The van der Waals surface area contributed by atoms with Crippen molar-refractivity contribution < 1.29 is 23.8 Å². The number of fused-ring (bicyclic) bond motifs is 1. The van der Waals surface area contributed by atoms with E-state index in [1.165, 1.54) is 32.1 Å². The third-order valence-corrected chi connectivity index (χ3v) is 5.65. The molecule has 0 saturated heterocycles. The number of rotatable bonds is 8. The van der Waals surface area contributed by atoms with Crippen LogP contribution in [0.2, 0.25) is 0 Å². The van der Waals surface area contributed by atoms with E-state index in [9.17, 15) is 14.4 Å². The Hall–Kier alpha value is -4.66. The van der Waals surface area contributed by atoms with Gasteiger partial charge in [-0.05, 0) is 55.5 Å². The summed E-state index contributed by atoms with van der Waals surface area (Å²) in [6.45, 7) is 1.60. The second-order valence-electron chi connectivity index (χ2n) is 8.00. The highest BCUT2D eigenvalue weighted by Crippen LogP contribution is 2.29. The molecule has 9 nitrogen and oxygen atoms in total. The highest BCUT2D eigenvalue weighted by molar-refractivity contribution is 6.10. The van der Waals surface area contributed by atoms with Crippen molar-refractivity contribution in [1.29, 1.82) is 0 Å². The number of nitrogens with one attached hydrogen (secondary N) is 1. The highest BCUT2D eigenvalue weighted by Gasteiger charge is 2.20. The Labute approximate surface area is 207 Å². The van der Waals surface area contributed by atoms with Crippen molar-refractivity contribution in [2.24, 2.45) is 0 Å². The van der Waals surface area contributed by atoms with Crippen LogP contribution < -0.4 is 25.0 Å². The number of aryl methyl sites for hydroxylation is 1. The Morgan fingerprint density at radius 3 is 2.28 bits per heavy atom. The van der Waals surface area contributed by atoms with Crippen molar-refractivity contribution in [1.82, 2.24) is 9.55 Å². The minimum absolute atomic E-state index is 0.0619. The van der Waals surface area contributed by atoms with E-state index in [0.717, 1.165) is 0 Å². The second kappa shape index (κ2) is 10.3. The number of anilines is 1. The van der Waals surface area contributed by atoms with Gasteiger partial charge in [-0.15, -0.1) is 0 Å². The van der Waals surface area contributed by atoms with Crippen molar-refractivity contribution in [3.8, 4) is 17.2 Å². The number of aromatic nitrogens is 2. The van der Waals surface area contributed by atoms with Gasteiger partial charge in [0.05, 0.1) is 38.0 Å². The lowest BCUT2D eigenvalue weighted by Crippen LogP contribution is -2.25. The summed E-state index contributed by atoms with van der Waals surface area (Å²) >= 11 is 0. The zero-order valence-electron chi connectivity index (χ0n) is 20.3. The van der Waals surface area contributed by atoms with E-state index in [1.807, 2.05) is 0 Å². The van der Waals surface area contributed by atoms with Crippen LogP contribution in [0.3, 0.4) is 0 Å². The van der Waals surface area contributed by atoms with Crippen LogP contribution in [0.15, 0.2) is 65.6 Å². The number of hydrogen-bond donors (Lipinski definition) is 1. The zero-order valence-corrected chi connectivity index (χ0v) is 20.3. The Morgan fingerprint density at radius 2 is 1.61 bits per heavy atom. The molecule has 0 bridgehead atoms. The molecule has 184 valence electrons. The Morgan fingerprint density at radius 1 is 0.917 bits per heavy atom. The quantitative estimate of drug-likeness (QED) is 0.378. The van der Waals surface area contributed by atoms with E-state index in [-0.39, 0.29) is 17.5 Å². The molecule has 36 heavy (non-hydrogen) atoms. The average Bonchev–Trinajstić information content (AvgIpc) is 2.90. The topological polar surface area (TPSA) is 109 Å². The molecule has 2 aromatic heterocycles. The molecule has 1 amide bonds. The number of nitrogens with zero attached hydrogens (tertiary/aromatic N) is 2. The molecule has 0 aliphatic heterocycles. The maximum absolute atomic E-state index is 13.2. The van der Waals surface area contributed by atoms with Gasteiger partial charge < -0.3 is 24.1 Å². The van der Waals surface area contributed by atoms with Gasteiger partial charge in [-0.3, -0.25) is 14.4 Å². The van der Waals surface area contributed by atoms with E-state index in [0.29, 0.717) is 39.8 Å². The number of methoxy groups -OCH3 is 3. The minimum atomic E-state index is -0.462. The molecule has 0 fully saturated rings. The molecule has 9 heteroatoms. The van der Waals surface area contributed by atoms with E-state index in [4.69, 9.17) is 14.2 Å². The van der Waals surface area contributed by atoms with Crippen LogP contribution in [-0.2, 0) is 11.3 Å². The average molecular weight is 488 g/mol.